The molecule has 0 fully saturated rings. The Labute approximate surface area is 114 Å². The highest BCUT2D eigenvalue weighted by atomic mass is 16.5. The lowest BCUT2D eigenvalue weighted by molar-refractivity contribution is 0.174. The Kier molecular flexibility index (Phi) is 7.02. The van der Waals surface area contributed by atoms with E-state index in [1.54, 1.807) is 0 Å². The van der Waals surface area contributed by atoms with E-state index >= 15 is 0 Å². The second kappa shape index (κ2) is 8.91. The Bertz CT molecular complexity index is 367. The molecule has 1 aromatic carbocycles. The molecule has 1 rings (SSSR count). The molecule has 0 aliphatic rings. The van der Waals surface area contributed by atoms with E-state index in [0.29, 0.717) is 26.4 Å². The summed E-state index contributed by atoms with van der Waals surface area (Å²) in [5.41, 5.74) is 1.07. The Morgan fingerprint density at radius 1 is 0.842 bits per heavy atom. The van der Waals surface area contributed by atoms with E-state index in [9.17, 15) is 0 Å². The van der Waals surface area contributed by atoms with Gasteiger partial charge < -0.3 is 18.9 Å². The summed E-state index contributed by atoms with van der Waals surface area (Å²) in [6.45, 7) is 10.8. The van der Waals surface area contributed by atoms with Crippen molar-refractivity contribution in [3.63, 3.8) is 0 Å². The van der Waals surface area contributed by atoms with Gasteiger partial charge in [0.2, 0.25) is 0 Å². The van der Waals surface area contributed by atoms with Crippen LogP contribution in [0.15, 0.2) is 43.9 Å². The van der Waals surface area contributed by atoms with Crippen LogP contribution in [0.2, 0.25) is 0 Å². The number of ether oxygens (including phenoxy) is 4. The van der Waals surface area contributed by atoms with Gasteiger partial charge in [-0.25, -0.2) is 0 Å². The van der Waals surface area contributed by atoms with Gasteiger partial charge in [0.05, 0.1) is 12.5 Å². The van der Waals surface area contributed by atoms with Crippen molar-refractivity contribution in [3.8, 4) is 11.5 Å². The second-order valence-electron chi connectivity index (χ2n) is 3.75. The maximum Gasteiger partial charge on any atom is 0.123 e. The molecule has 0 saturated carbocycles. The molecule has 0 aliphatic carbocycles. The molecule has 0 aromatic heterocycles. The number of hydrogen-bond acceptors (Lipinski definition) is 4. The molecule has 0 spiro atoms. The van der Waals surface area contributed by atoms with Gasteiger partial charge in [0.15, 0.2) is 0 Å². The van der Waals surface area contributed by atoms with Crippen LogP contribution in [0.25, 0.3) is 0 Å². The summed E-state index contributed by atoms with van der Waals surface area (Å²) in [4.78, 5) is 0. The van der Waals surface area contributed by atoms with Gasteiger partial charge in [0.1, 0.15) is 37.9 Å². The molecule has 0 N–H and O–H groups in total. The lowest BCUT2D eigenvalue weighted by atomic mass is 10.2. The van der Waals surface area contributed by atoms with Crippen LogP contribution in [0, 0.1) is 6.92 Å². The third kappa shape index (κ3) is 6.41. The van der Waals surface area contributed by atoms with E-state index in [-0.39, 0.29) is 0 Å². The summed E-state index contributed by atoms with van der Waals surface area (Å²) < 4.78 is 21.1. The molecule has 0 heterocycles. The minimum Gasteiger partial charge on any atom is -0.498 e. The fourth-order valence-corrected chi connectivity index (χ4v) is 1.46. The van der Waals surface area contributed by atoms with Crippen LogP contribution in [0.1, 0.15) is 5.56 Å². The van der Waals surface area contributed by atoms with Crippen molar-refractivity contribution in [1.29, 1.82) is 0 Å². The molecule has 19 heavy (non-hydrogen) atoms. The zero-order chi connectivity index (χ0) is 13.9. The van der Waals surface area contributed by atoms with Crippen molar-refractivity contribution >= 4 is 0 Å². The summed E-state index contributed by atoms with van der Waals surface area (Å²) >= 11 is 0. The van der Waals surface area contributed by atoms with Crippen molar-refractivity contribution in [3.05, 3.63) is 49.4 Å². The quantitative estimate of drug-likeness (QED) is 0.481. The lowest BCUT2D eigenvalue weighted by Crippen LogP contribution is -2.06. The van der Waals surface area contributed by atoms with Crippen LogP contribution >= 0.6 is 0 Å². The maximum atomic E-state index is 5.56. The molecule has 0 unspecified atom stereocenters. The van der Waals surface area contributed by atoms with Gasteiger partial charge in [-0.15, -0.1) is 0 Å². The third-order valence-corrected chi connectivity index (χ3v) is 2.20. The minimum atomic E-state index is 0.467. The first-order chi connectivity index (χ1) is 9.26. The molecule has 1 aromatic rings. The van der Waals surface area contributed by atoms with Crippen LogP contribution < -0.4 is 9.47 Å². The van der Waals surface area contributed by atoms with Gasteiger partial charge in [0.25, 0.3) is 0 Å². The number of aryl methyl sites for hydroxylation is 1. The zero-order valence-corrected chi connectivity index (χ0v) is 11.3. The van der Waals surface area contributed by atoms with E-state index in [2.05, 4.69) is 13.2 Å². The summed E-state index contributed by atoms with van der Waals surface area (Å²) in [7, 11) is 0. The van der Waals surface area contributed by atoms with Gasteiger partial charge >= 0.3 is 0 Å². The zero-order valence-electron chi connectivity index (χ0n) is 11.3. The van der Waals surface area contributed by atoms with E-state index in [4.69, 9.17) is 18.9 Å². The maximum absolute atomic E-state index is 5.56. The topological polar surface area (TPSA) is 36.9 Å². The van der Waals surface area contributed by atoms with Crippen LogP contribution in [0.3, 0.4) is 0 Å². The second-order valence-corrected chi connectivity index (χ2v) is 3.75. The van der Waals surface area contributed by atoms with E-state index in [0.717, 1.165) is 17.1 Å². The van der Waals surface area contributed by atoms with Crippen LogP contribution in [-0.2, 0) is 9.47 Å². The molecule has 0 atom stereocenters. The number of benzene rings is 1. The minimum absolute atomic E-state index is 0.467. The van der Waals surface area contributed by atoms with Crippen molar-refractivity contribution in [1.82, 2.24) is 0 Å². The van der Waals surface area contributed by atoms with Gasteiger partial charge in [-0.2, -0.15) is 0 Å². The molecule has 0 radical (unpaired) electrons. The van der Waals surface area contributed by atoms with Gasteiger partial charge in [0, 0.05) is 6.07 Å². The summed E-state index contributed by atoms with van der Waals surface area (Å²) in [6.07, 6.45) is 2.79. The Morgan fingerprint density at radius 2 is 1.32 bits per heavy atom. The SMILES string of the molecule is C=COCCOc1cc(C)cc(OCCOC=C)c1. The smallest absolute Gasteiger partial charge is 0.123 e. The van der Waals surface area contributed by atoms with Crippen LogP contribution in [0.4, 0.5) is 0 Å². The molecule has 0 bridgehead atoms. The molecule has 104 valence electrons. The van der Waals surface area contributed by atoms with E-state index in [1.807, 2.05) is 25.1 Å². The van der Waals surface area contributed by atoms with Crippen molar-refractivity contribution < 1.29 is 18.9 Å². The van der Waals surface area contributed by atoms with Crippen molar-refractivity contribution in [2.75, 3.05) is 26.4 Å². The van der Waals surface area contributed by atoms with Crippen molar-refractivity contribution in [2.45, 2.75) is 6.92 Å². The molecule has 0 amide bonds. The molecule has 0 aliphatic heterocycles. The summed E-state index contributed by atoms with van der Waals surface area (Å²) in [6, 6.07) is 5.73. The third-order valence-electron chi connectivity index (χ3n) is 2.20. The fraction of sp³-hybridized carbons (Fsp3) is 0.333. The number of rotatable bonds is 10. The van der Waals surface area contributed by atoms with Crippen LogP contribution in [0.5, 0.6) is 11.5 Å². The summed E-state index contributed by atoms with van der Waals surface area (Å²) in [5, 5.41) is 0. The first-order valence-electron chi connectivity index (χ1n) is 6.08. The van der Waals surface area contributed by atoms with E-state index < -0.39 is 0 Å². The molecule has 4 heteroatoms. The fourth-order valence-electron chi connectivity index (χ4n) is 1.46. The standard InChI is InChI=1S/C15H20O4/c1-4-16-6-8-18-14-10-13(3)11-15(12-14)19-9-7-17-5-2/h4-5,10-12H,1-2,6-9H2,3H3. The Balaban J connectivity index is 2.45. The first-order valence-corrected chi connectivity index (χ1v) is 6.08. The molecular weight excluding hydrogens is 244 g/mol. The predicted molar refractivity (Wildman–Crippen MR) is 74.5 cm³/mol. The highest BCUT2D eigenvalue weighted by molar-refractivity contribution is 5.37. The van der Waals surface area contributed by atoms with Crippen molar-refractivity contribution in [2.24, 2.45) is 0 Å². The van der Waals surface area contributed by atoms with Gasteiger partial charge in [-0.1, -0.05) is 13.2 Å². The Hall–Kier alpha value is -2.10. The molecule has 4 nitrogen and oxygen atoms in total. The normalized spacial score (nSPS) is 9.53. The average Bonchev–Trinajstić information content (AvgIpc) is 2.39. The molecular formula is C15H20O4. The van der Waals surface area contributed by atoms with Crippen LogP contribution in [-0.4, -0.2) is 26.4 Å². The average molecular weight is 264 g/mol. The largest absolute Gasteiger partial charge is 0.498 e. The summed E-state index contributed by atoms with van der Waals surface area (Å²) in [5.74, 6) is 1.51. The van der Waals surface area contributed by atoms with Gasteiger partial charge in [-0.3, -0.25) is 0 Å². The van der Waals surface area contributed by atoms with Gasteiger partial charge in [-0.05, 0) is 24.6 Å². The lowest BCUT2D eigenvalue weighted by Gasteiger charge is -2.11. The van der Waals surface area contributed by atoms with E-state index in [1.165, 1.54) is 12.5 Å². The monoisotopic (exact) mass is 264 g/mol. The first kappa shape index (κ1) is 15.0. The Morgan fingerprint density at radius 3 is 1.74 bits per heavy atom. The highest BCUT2D eigenvalue weighted by Gasteiger charge is 2.01. The number of hydrogen-bond donors (Lipinski definition) is 0. The highest BCUT2D eigenvalue weighted by Crippen LogP contribution is 2.22. The molecule has 0 saturated heterocycles. The predicted octanol–water partition coefficient (Wildman–Crippen LogP) is 3.07.